The molecule has 1 aromatic heterocycles. The van der Waals surface area contributed by atoms with Gasteiger partial charge in [-0.3, -0.25) is 24.6 Å². The molecule has 44 heavy (non-hydrogen) atoms. The van der Waals surface area contributed by atoms with E-state index < -0.39 is 24.1 Å². The third-order valence-corrected chi connectivity index (χ3v) is 7.08. The molecule has 236 valence electrons. The maximum atomic E-state index is 13.0. The second kappa shape index (κ2) is 15.1. The van der Waals surface area contributed by atoms with Gasteiger partial charge in [0.05, 0.1) is 5.52 Å². The van der Waals surface area contributed by atoms with Gasteiger partial charge in [-0.15, -0.1) is 0 Å². The van der Waals surface area contributed by atoms with Gasteiger partial charge >= 0.3 is 12.1 Å². The first-order chi connectivity index (χ1) is 20.8. The number of alkyl halides is 3. The molecular weight excluding hydrogens is 585 g/mol. The Hall–Kier alpha value is -4.72. The molecule has 0 radical (unpaired) electrons. The number of aliphatic carboxylic acids is 1. The van der Waals surface area contributed by atoms with E-state index in [1.807, 2.05) is 37.3 Å². The van der Waals surface area contributed by atoms with Gasteiger partial charge in [0.25, 0.3) is 5.91 Å². The normalized spacial score (nSPS) is 14.2. The summed E-state index contributed by atoms with van der Waals surface area (Å²) in [6, 6.07) is 16.3. The van der Waals surface area contributed by atoms with Gasteiger partial charge in [-0.2, -0.15) is 13.2 Å². The second-order valence-electron chi connectivity index (χ2n) is 10.2. The lowest BCUT2D eigenvalue weighted by Crippen LogP contribution is -2.48. The van der Waals surface area contributed by atoms with Crippen LogP contribution in [0.3, 0.4) is 0 Å². The summed E-state index contributed by atoms with van der Waals surface area (Å²) in [5.74, 6) is -2.98. The lowest BCUT2D eigenvalue weighted by Gasteiger charge is -2.35. The van der Waals surface area contributed by atoms with E-state index in [0.717, 1.165) is 22.2 Å². The van der Waals surface area contributed by atoms with Gasteiger partial charge in [0.1, 0.15) is 12.4 Å². The van der Waals surface area contributed by atoms with E-state index >= 15 is 0 Å². The van der Waals surface area contributed by atoms with Gasteiger partial charge in [-0.05, 0) is 62.1 Å². The average molecular weight is 619 g/mol. The molecule has 1 aliphatic rings. The molecule has 4 rings (SSSR count). The summed E-state index contributed by atoms with van der Waals surface area (Å²) >= 11 is 0. The van der Waals surface area contributed by atoms with E-state index in [1.165, 1.54) is 6.92 Å². The number of likely N-dealkylation sites (tertiary alicyclic amines) is 1. The first-order valence-corrected chi connectivity index (χ1v) is 13.7. The Labute approximate surface area is 251 Å². The molecule has 1 aliphatic heterocycles. The largest absolute Gasteiger partial charge is 0.490 e. The maximum Gasteiger partial charge on any atom is 0.490 e. The lowest BCUT2D eigenvalue weighted by atomic mass is 9.87. The summed E-state index contributed by atoms with van der Waals surface area (Å²) in [5, 5.41) is 20.1. The summed E-state index contributed by atoms with van der Waals surface area (Å²) in [4.78, 5) is 51.7. The molecule has 3 aromatic rings. The Kier molecular flexibility index (Phi) is 11.6. The van der Waals surface area contributed by atoms with Crippen LogP contribution in [0.1, 0.15) is 47.8 Å². The molecule has 11 nitrogen and oxygen atoms in total. The number of hydroxylamine groups is 1. The minimum Gasteiger partial charge on any atom is -0.489 e. The SMILES string of the molecule is CC(=O)N1CCC(C(CC(=O)NO)NC(=O)c2ccc(OCc3cc(C)nc4ccccc34)cc2)CC1.O=C(O)C(F)(F)F. The highest BCUT2D eigenvalue weighted by molar-refractivity contribution is 5.94. The van der Waals surface area contributed by atoms with Crippen LogP contribution in [0.2, 0.25) is 0 Å². The smallest absolute Gasteiger partial charge is 0.489 e. The predicted octanol–water partition coefficient (Wildman–Crippen LogP) is 4.01. The fourth-order valence-electron chi connectivity index (χ4n) is 4.83. The minimum absolute atomic E-state index is 0.0121. The second-order valence-corrected chi connectivity index (χ2v) is 10.2. The van der Waals surface area contributed by atoms with Gasteiger partial charge in [-0.1, -0.05) is 18.2 Å². The van der Waals surface area contributed by atoms with Gasteiger partial charge in [0.2, 0.25) is 11.8 Å². The zero-order valence-electron chi connectivity index (χ0n) is 24.1. The fraction of sp³-hybridized carbons (Fsp3) is 0.367. The van der Waals surface area contributed by atoms with Crippen molar-refractivity contribution in [3.05, 3.63) is 71.4 Å². The molecule has 4 N–H and O–H groups in total. The standard InChI is InChI=1S/C28H32N4O5.C2HF3O2/c1-18-15-22(24-5-3-4-6-25(24)29-18)17-37-23-9-7-21(8-10-23)28(35)30-26(16-27(34)31-36)20-11-13-32(14-12-20)19(2)33;3-2(4,5)1(6)7/h3-10,15,20,26,36H,11-14,16-17H2,1-2H3,(H,30,35)(H,31,34);(H,6,7). The molecule has 0 bridgehead atoms. The fourth-order valence-corrected chi connectivity index (χ4v) is 4.83. The highest BCUT2D eigenvalue weighted by Crippen LogP contribution is 2.24. The van der Waals surface area contributed by atoms with E-state index in [2.05, 4.69) is 10.3 Å². The Balaban J connectivity index is 0.000000676. The molecule has 0 aliphatic carbocycles. The topological polar surface area (TPSA) is 158 Å². The van der Waals surface area contributed by atoms with Crippen molar-refractivity contribution < 1.29 is 47.4 Å². The Morgan fingerprint density at radius 3 is 2.25 bits per heavy atom. The number of aromatic nitrogens is 1. The molecule has 0 spiro atoms. The predicted molar refractivity (Wildman–Crippen MR) is 152 cm³/mol. The summed E-state index contributed by atoms with van der Waals surface area (Å²) in [7, 11) is 0. The third-order valence-electron chi connectivity index (χ3n) is 7.08. The summed E-state index contributed by atoms with van der Waals surface area (Å²) in [6.07, 6.45) is -3.80. The van der Waals surface area contributed by atoms with Gasteiger partial charge < -0.3 is 20.1 Å². The molecule has 2 aromatic carbocycles. The van der Waals surface area contributed by atoms with Crippen LogP contribution in [-0.4, -0.2) is 69.2 Å². The van der Waals surface area contributed by atoms with E-state index in [9.17, 15) is 27.6 Å². The number of carboxylic acids is 1. The van der Waals surface area contributed by atoms with Crippen molar-refractivity contribution in [1.82, 2.24) is 20.7 Å². The Bertz CT molecular complexity index is 1470. The van der Waals surface area contributed by atoms with Crippen molar-refractivity contribution in [2.24, 2.45) is 5.92 Å². The number of ether oxygens (including phenoxy) is 1. The minimum atomic E-state index is -5.08. The molecule has 2 heterocycles. The molecule has 3 amide bonds. The number of para-hydroxylation sites is 1. The Morgan fingerprint density at radius 1 is 1.07 bits per heavy atom. The van der Waals surface area contributed by atoms with Crippen LogP contribution in [-0.2, 0) is 21.0 Å². The molecule has 1 unspecified atom stereocenters. The molecule has 1 atom stereocenters. The highest BCUT2D eigenvalue weighted by atomic mass is 19.4. The number of piperidine rings is 1. The number of carboxylic acid groups (broad SMARTS) is 1. The van der Waals surface area contributed by atoms with Crippen LogP contribution in [0.25, 0.3) is 10.9 Å². The molecule has 1 fully saturated rings. The van der Waals surface area contributed by atoms with Crippen molar-refractivity contribution in [3.8, 4) is 5.75 Å². The van der Waals surface area contributed by atoms with Crippen LogP contribution in [0, 0.1) is 12.8 Å². The summed E-state index contributed by atoms with van der Waals surface area (Å²) in [5.41, 5.74) is 4.96. The first kappa shape index (κ1) is 33.8. The monoisotopic (exact) mass is 618 g/mol. The molecule has 0 saturated carbocycles. The number of halogens is 3. The average Bonchev–Trinajstić information content (AvgIpc) is 2.99. The van der Waals surface area contributed by atoms with E-state index in [1.54, 1.807) is 34.6 Å². The third kappa shape index (κ3) is 9.66. The summed E-state index contributed by atoms with van der Waals surface area (Å²) in [6.45, 7) is 5.00. The Morgan fingerprint density at radius 2 is 1.68 bits per heavy atom. The number of aryl methyl sites for hydroxylation is 1. The lowest BCUT2D eigenvalue weighted by molar-refractivity contribution is -0.192. The van der Waals surface area contributed by atoms with Crippen LogP contribution >= 0.6 is 0 Å². The van der Waals surface area contributed by atoms with Crippen molar-refractivity contribution in [2.45, 2.75) is 51.9 Å². The first-order valence-electron chi connectivity index (χ1n) is 13.7. The molecular formula is C30H33F3N4O7. The number of hydrogen-bond donors (Lipinski definition) is 4. The summed E-state index contributed by atoms with van der Waals surface area (Å²) < 4.78 is 37.7. The zero-order valence-corrected chi connectivity index (χ0v) is 24.1. The van der Waals surface area contributed by atoms with Crippen LogP contribution in [0.5, 0.6) is 5.75 Å². The van der Waals surface area contributed by atoms with E-state index in [-0.39, 0.29) is 24.2 Å². The highest BCUT2D eigenvalue weighted by Gasteiger charge is 2.38. The molecule has 1 saturated heterocycles. The van der Waals surface area contributed by atoms with Gasteiger partial charge in [0, 0.05) is 54.7 Å². The van der Waals surface area contributed by atoms with E-state index in [4.69, 9.17) is 19.8 Å². The number of benzene rings is 2. The van der Waals surface area contributed by atoms with Gasteiger partial charge in [-0.25, -0.2) is 10.3 Å². The number of pyridine rings is 1. The van der Waals surface area contributed by atoms with Crippen molar-refractivity contribution in [2.75, 3.05) is 13.1 Å². The van der Waals surface area contributed by atoms with Crippen molar-refractivity contribution in [3.63, 3.8) is 0 Å². The molecule has 14 heteroatoms. The number of carbonyl (C=O) groups excluding carboxylic acids is 3. The van der Waals surface area contributed by atoms with Crippen molar-refractivity contribution in [1.29, 1.82) is 0 Å². The number of amides is 3. The van der Waals surface area contributed by atoms with Gasteiger partial charge in [0.15, 0.2) is 0 Å². The van der Waals surface area contributed by atoms with Crippen LogP contribution in [0.15, 0.2) is 54.6 Å². The van der Waals surface area contributed by atoms with Crippen LogP contribution in [0.4, 0.5) is 13.2 Å². The number of fused-ring (bicyclic) bond motifs is 1. The number of nitrogens with zero attached hydrogens (tertiary/aromatic N) is 2. The number of carbonyl (C=O) groups is 4. The number of hydrogen-bond acceptors (Lipinski definition) is 7. The van der Waals surface area contributed by atoms with Crippen LogP contribution < -0.4 is 15.5 Å². The quantitative estimate of drug-likeness (QED) is 0.218. The number of rotatable bonds is 8. The number of nitrogens with one attached hydrogen (secondary N) is 2. The van der Waals surface area contributed by atoms with E-state index in [0.29, 0.717) is 43.9 Å². The van der Waals surface area contributed by atoms with Crippen molar-refractivity contribution >= 4 is 34.6 Å². The zero-order chi connectivity index (χ0) is 32.4. The maximum absolute atomic E-state index is 13.0.